The van der Waals surface area contributed by atoms with Gasteiger partial charge in [-0.05, 0) is 44.4 Å². The van der Waals surface area contributed by atoms with Gasteiger partial charge >= 0.3 is 0 Å². The highest BCUT2D eigenvalue weighted by molar-refractivity contribution is 5.27. The SMILES string of the molecule is COC[C@@H](C)N[C@@H](C)CCc1ccc(OC)cc1. The number of ether oxygens (including phenoxy) is 2. The minimum Gasteiger partial charge on any atom is -0.497 e. The molecule has 0 aliphatic carbocycles. The Morgan fingerprint density at radius 2 is 1.72 bits per heavy atom. The predicted octanol–water partition coefficient (Wildman–Crippen LogP) is 2.64. The summed E-state index contributed by atoms with van der Waals surface area (Å²) in [5, 5.41) is 3.52. The van der Waals surface area contributed by atoms with Crippen molar-refractivity contribution >= 4 is 0 Å². The van der Waals surface area contributed by atoms with Crippen molar-refractivity contribution in [1.82, 2.24) is 5.32 Å². The van der Waals surface area contributed by atoms with Crippen LogP contribution in [0.25, 0.3) is 0 Å². The molecule has 0 amide bonds. The number of nitrogens with one attached hydrogen (secondary N) is 1. The molecule has 3 heteroatoms. The molecule has 2 atom stereocenters. The second kappa shape index (κ2) is 8.11. The quantitative estimate of drug-likeness (QED) is 0.770. The Morgan fingerprint density at radius 3 is 2.28 bits per heavy atom. The maximum absolute atomic E-state index is 5.15. The molecular formula is C15H25NO2. The van der Waals surface area contributed by atoms with Crippen molar-refractivity contribution in [1.29, 1.82) is 0 Å². The first-order valence-electron chi connectivity index (χ1n) is 6.53. The summed E-state index contributed by atoms with van der Waals surface area (Å²) in [5.41, 5.74) is 1.35. The van der Waals surface area contributed by atoms with Crippen LogP contribution in [0.15, 0.2) is 24.3 Å². The summed E-state index contributed by atoms with van der Waals surface area (Å²) >= 11 is 0. The fourth-order valence-corrected chi connectivity index (χ4v) is 2.04. The van der Waals surface area contributed by atoms with Crippen LogP contribution >= 0.6 is 0 Å². The molecule has 0 radical (unpaired) electrons. The lowest BCUT2D eigenvalue weighted by atomic mass is 10.1. The van der Waals surface area contributed by atoms with Crippen LogP contribution in [0.2, 0.25) is 0 Å². The third kappa shape index (κ3) is 5.52. The molecule has 0 heterocycles. The van der Waals surface area contributed by atoms with Gasteiger partial charge in [-0.25, -0.2) is 0 Å². The van der Waals surface area contributed by atoms with E-state index in [0.29, 0.717) is 12.1 Å². The van der Waals surface area contributed by atoms with Gasteiger partial charge in [0.05, 0.1) is 13.7 Å². The highest BCUT2D eigenvalue weighted by atomic mass is 16.5. The number of aryl methyl sites for hydroxylation is 1. The molecule has 1 rings (SSSR count). The van der Waals surface area contributed by atoms with Crippen LogP contribution in [-0.2, 0) is 11.2 Å². The van der Waals surface area contributed by atoms with Gasteiger partial charge in [0.25, 0.3) is 0 Å². The van der Waals surface area contributed by atoms with Crippen LogP contribution in [0, 0.1) is 0 Å². The van der Waals surface area contributed by atoms with Gasteiger partial charge in [-0.1, -0.05) is 12.1 Å². The van der Waals surface area contributed by atoms with Gasteiger partial charge in [0, 0.05) is 19.2 Å². The average molecular weight is 251 g/mol. The predicted molar refractivity (Wildman–Crippen MR) is 75.3 cm³/mol. The minimum absolute atomic E-state index is 0.404. The normalized spacial score (nSPS) is 14.2. The second-order valence-corrected chi connectivity index (χ2v) is 4.81. The molecule has 0 aliphatic heterocycles. The van der Waals surface area contributed by atoms with Crippen LogP contribution in [0.3, 0.4) is 0 Å². The van der Waals surface area contributed by atoms with Crippen LogP contribution in [0.4, 0.5) is 0 Å². The van der Waals surface area contributed by atoms with Crippen molar-refractivity contribution in [2.24, 2.45) is 0 Å². The van der Waals surface area contributed by atoms with Crippen molar-refractivity contribution in [3.63, 3.8) is 0 Å². The molecule has 0 saturated carbocycles. The summed E-state index contributed by atoms with van der Waals surface area (Å²) in [6, 6.07) is 9.19. The Balaban J connectivity index is 2.30. The van der Waals surface area contributed by atoms with Gasteiger partial charge < -0.3 is 14.8 Å². The van der Waals surface area contributed by atoms with Crippen molar-refractivity contribution in [2.45, 2.75) is 38.8 Å². The Morgan fingerprint density at radius 1 is 1.06 bits per heavy atom. The van der Waals surface area contributed by atoms with E-state index in [1.165, 1.54) is 5.56 Å². The van der Waals surface area contributed by atoms with Gasteiger partial charge in [0.2, 0.25) is 0 Å². The van der Waals surface area contributed by atoms with E-state index in [2.05, 4.69) is 31.3 Å². The highest BCUT2D eigenvalue weighted by Gasteiger charge is 2.07. The van der Waals surface area contributed by atoms with E-state index in [4.69, 9.17) is 9.47 Å². The number of methoxy groups -OCH3 is 2. The zero-order valence-corrected chi connectivity index (χ0v) is 11.9. The van der Waals surface area contributed by atoms with Gasteiger partial charge in [0.15, 0.2) is 0 Å². The molecule has 3 nitrogen and oxygen atoms in total. The van der Waals surface area contributed by atoms with E-state index in [9.17, 15) is 0 Å². The maximum Gasteiger partial charge on any atom is 0.118 e. The molecule has 1 aromatic carbocycles. The van der Waals surface area contributed by atoms with Gasteiger partial charge in [-0.3, -0.25) is 0 Å². The molecule has 0 aliphatic rings. The number of hydrogen-bond acceptors (Lipinski definition) is 3. The summed E-state index contributed by atoms with van der Waals surface area (Å²) in [5.74, 6) is 0.915. The molecule has 102 valence electrons. The lowest BCUT2D eigenvalue weighted by molar-refractivity contribution is 0.167. The first-order chi connectivity index (χ1) is 8.65. The topological polar surface area (TPSA) is 30.5 Å². The molecule has 0 saturated heterocycles. The molecule has 0 bridgehead atoms. The lowest BCUT2D eigenvalue weighted by Crippen LogP contribution is -2.37. The highest BCUT2D eigenvalue weighted by Crippen LogP contribution is 2.13. The van der Waals surface area contributed by atoms with Crippen molar-refractivity contribution in [2.75, 3.05) is 20.8 Å². The average Bonchev–Trinajstić information content (AvgIpc) is 2.37. The smallest absolute Gasteiger partial charge is 0.118 e. The Hall–Kier alpha value is -1.06. The van der Waals surface area contributed by atoms with Gasteiger partial charge in [-0.2, -0.15) is 0 Å². The van der Waals surface area contributed by atoms with Crippen LogP contribution in [-0.4, -0.2) is 32.9 Å². The minimum atomic E-state index is 0.404. The summed E-state index contributed by atoms with van der Waals surface area (Å²) in [6.07, 6.45) is 2.21. The van der Waals surface area contributed by atoms with Crippen molar-refractivity contribution in [3.8, 4) is 5.75 Å². The molecule has 0 unspecified atom stereocenters. The molecule has 0 fully saturated rings. The van der Waals surface area contributed by atoms with E-state index in [0.717, 1.165) is 25.2 Å². The first-order valence-corrected chi connectivity index (χ1v) is 6.53. The zero-order valence-electron chi connectivity index (χ0n) is 11.9. The third-order valence-corrected chi connectivity index (χ3v) is 3.01. The van der Waals surface area contributed by atoms with Crippen molar-refractivity contribution < 1.29 is 9.47 Å². The summed E-state index contributed by atoms with van der Waals surface area (Å²) in [4.78, 5) is 0. The van der Waals surface area contributed by atoms with Crippen molar-refractivity contribution in [3.05, 3.63) is 29.8 Å². The lowest BCUT2D eigenvalue weighted by Gasteiger charge is -2.19. The fourth-order valence-electron chi connectivity index (χ4n) is 2.04. The van der Waals surface area contributed by atoms with E-state index >= 15 is 0 Å². The van der Waals surface area contributed by atoms with Crippen LogP contribution < -0.4 is 10.1 Å². The summed E-state index contributed by atoms with van der Waals surface area (Å²) in [7, 11) is 3.43. The molecule has 0 spiro atoms. The number of rotatable bonds is 8. The Bertz CT molecular complexity index is 324. The largest absolute Gasteiger partial charge is 0.497 e. The Labute approximate surface area is 110 Å². The molecule has 1 N–H and O–H groups in total. The number of benzene rings is 1. The molecule has 18 heavy (non-hydrogen) atoms. The summed E-state index contributed by atoms with van der Waals surface area (Å²) in [6.45, 7) is 5.12. The maximum atomic E-state index is 5.15. The van der Waals surface area contributed by atoms with E-state index in [1.807, 2.05) is 12.1 Å². The second-order valence-electron chi connectivity index (χ2n) is 4.81. The Kier molecular flexibility index (Phi) is 6.76. The van der Waals surface area contributed by atoms with E-state index in [1.54, 1.807) is 14.2 Å². The van der Waals surface area contributed by atoms with Gasteiger partial charge in [0.1, 0.15) is 5.75 Å². The van der Waals surface area contributed by atoms with E-state index < -0.39 is 0 Å². The summed E-state index contributed by atoms with van der Waals surface area (Å²) < 4.78 is 10.3. The van der Waals surface area contributed by atoms with E-state index in [-0.39, 0.29) is 0 Å². The molecule has 0 aromatic heterocycles. The molecule has 1 aromatic rings. The van der Waals surface area contributed by atoms with Gasteiger partial charge in [-0.15, -0.1) is 0 Å². The van der Waals surface area contributed by atoms with Crippen LogP contribution in [0.1, 0.15) is 25.8 Å². The monoisotopic (exact) mass is 251 g/mol. The molecular weight excluding hydrogens is 226 g/mol. The zero-order chi connectivity index (χ0) is 13.4. The third-order valence-electron chi connectivity index (χ3n) is 3.01. The number of hydrogen-bond donors (Lipinski definition) is 1. The fraction of sp³-hybridized carbons (Fsp3) is 0.600. The standard InChI is InChI=1S/C15H25NO2/c1-12(16-13(2)11-17-3)5-6-14-7-9-15(18-4)10-8-14/h7-10,12-13,16H,5-6,11H2,1-4H3/t12-,13+/m0/s1. The first kappa shape index (κ1) is 15.0. The van der Waals surface area contributed by atoms with Crippen LogP contribution in [0.5, 0.6) is 5.75 Å².